The number of amides is 2. The van der Waals surface area contributed by atoms with E-state index in [0.717, 1.165) is 0 Å². The van der Waals surface area contributed by atoms with E-state index in [-0.39, 0.29) is 16.8 Å². The van der Waals surface area contributed by atoms with Crippen LogP contribution in [-0.4, -0.2) is 26.3 Å². The van der Waals surface area contributed by atoms with E-state index in [0.29, 0.717) is 27.6 Å². The highest BCUT2D eigenvalue weighted by Crippen LogP contribution is 2.30. The maximum absolute atomic E-state index is 13.5. The molecule has 0 aromatic heterocycles. The quantitative estimate of drug-likeness (QED) is 0.327. The fraction of sp³-hybridized carbons (Fsp3) is 0.143. The second-order valence-corrected chi connectivity index (χ2v) is 10.3. The van der Waals surface area contributed by atoms with E-state index >= 15 is 0 Å². The minimum atomic E-state index is -3.76. The summed E-state index contributed by atoms with van der Waals surface area (Å²) in [5.74, 6) is -0.836. The van der Waals surface area contributed by atoms with E-state index in [1.165, 1.54) is 6.07 Å². The molecule has 0 bridgehead atoms. The van der Waals surface area contributed by atoms with E-state index in [9.17, 15) is 18.0 Å². The minimum Gasteiger partial charge on any atom is -0.336 e. The molecule has 0 saturated heterocycles. The molecule has 4 aromatic rings. The summed E-state index contributed by atoms with van der Waals surface area (Å²) in [5.41, 5.74) is 1.49. The lowest BCUT2D eigenvalue weighted by Gasteiger charge is -2.20. The average Bonchev–Trinajstić information content (AvgIpc) is 2.87. The van der Waals surface area contributed by atoms with Crippen LogP contribution in [-0.2, 0) is 14.8 Å². The summed E-state index contributed by atoms with van der Waals surface area (Å²) >= 11 is 0. The number of hydrogen-bond acceptors (Lipinski definition) is 4. The van der Waals surface area contributed by atoms with Crippen LogP contribution in [0.25, 0.3) is 10.8 Å². The smallest absolute Gasteiger partial charge is 0.252 e. The first-order valence-electron chi connectivity index (χ1n) is 11.5. The molecule has 1 atom stereocenters. The van der Waals surface area contributed by atoms with Gasteiger partial charge in [-0.3, -0.25) is 9.59 Å². The molecule has 8 heteroatoms. The third-order valence-corrected chi connectivity index (χ3v) is 7.24. The Morgan fingerprint density at radius 2 is 1.33 bits per heavy atom. The van der Waals surface area contributed by atoms with Crippen LogP contribution in [0.2, 0.25) is 0 Å². The highest BCUT2D eigenvalue weighted by atomic mass is 32.2. The molecular weight excluding hydrogens is 474 g/mol. The van der Waals surface area contributed by atoms with Gasteiger partial charge >= 0.3 is 0 Å². The van der Waals surface area contributed by atoms with Crippen molar-refractivity contribution in [2.24, 2.45) is 0 Å². The van der Waals surface area contributed by atoms with Crippen LogP contribution in [0, 0.1) is 0 Å². The number of nitrogens with one attached hydrogen (secondary N) is 3. The van der Waals surface area contributed by atoms with E-state index in [4.69, 9.17) is 0 Å². The third kappa shape index (κ3) is 5.62. The highest BCUT2D eigenvalue weighted by molar-refractivity contribution is 7.89. The summed E-state index contributed by atoms with van der Waals surface area (Å²) in [5, 5.41) is 6.76. The molecule has 36 heavy (non-hydrogen) atoms. The Hall–Kier alpha value is -4.01. The molecular formula is C28H27N3O4S. The molecule has 0 heterocycles. The van der Waals surface area contributed by atoms with Crippen molar-refractivity contribution in [3.63, 3.8) is 0 Å². The average molecular weight is 502 g/mol. The first kappa shape index (κ1) is 25.1. The lowest BCUT2D eigenvalue weighted by molar-refractivity contribution is -0.118. The largest absolute Gasteiger partial charge is 0.336 e. The van der Waals surface area contributed by atoms with Crippen LogP contribution >= 0.6 is 0 Å². The Kier molecular flexibility index (Phi) is 7.47. The van der Waals surface area contributed by atoms with Crippen LogP contribution < -0.4 is 15.4 Å². The molecule has 4 aromatic carbocycles. The Labute approximate surface area is 210 Å². The lowest BCUT2D eigenvalue weighted by Crippen LogP contribution is -2.37. The summed E-state index contributed by atoms with van der Waals surface area (Å²) in [4.78, 5) is 26.5. The van der Waals surface area contributed by atoms with Crippen LogP contribution in [0.15, 0.2) is 102 Å². The summed E-state index contributed by atoms with van der Waals surface area (Å²) in [7, 11) is -3.76. The van der Waals surface area contributed by atoms with Crippen molar-refractivity contribution in [2.75, 3.05) is 5.32 Å². The highest BCUT2D eigenvalue weighted by Gasteiger charge is 2.25. The van der Waals surface area contributed by atoms with Crippen molar-refractivity contribution in [3.05, 3.63) is 108 Å². The Bertz CT molecular complexity index is 1490. The molecule has 0 saturated carbocycles. The second-order valence-electron chi connectivity index (χ2n) is 8.61. The molecule has 0 aliphatic rings. The summed E-state index contributed by atoms with van der Waals surface area (Å²) in [6.07, 6.45) is 0. The molecule has 7 nitrogen and oxygen atoms in total. The number of carbonyl (C=O) groups excluding carboxylic acids is 2. The minimum absolute atomic E-state index is 0.127. The van der Waals surface area contributed by atoms with E-state index in [1.807, 2.05) is 12.1 Å². The normalized spacial score (nSPS) is 12.3. The molecule has 0 spiro atoms. The molecule has 0 aliphatic heterocycles. The van der Waals surface area contributed by atoms with Gasteiger partial charge in [0.15, 0.2) is 0 Å². The maximum Gasteiger partial charge on any atom is 0.252 e. The molecule has 184 valence electrons. The van der Waals surface area contributed by atoms with Crippen molar-refractivity contribution >= 4 is 38.3 Å². The number of hydrogen-bond donors (Lipinski definition) is 3. The fourth-order valence-electron chi connectivity index (χ4n) is 3.95. The predicted molar refractivity (Wildman–Crippen MR) is 141 cm³/mol. The van der Waals surface area contributed by atoms with Gasteiger partial charge in [-0.2, -0.15) is 0 Å². The van der Waals surface area contributed by atoms with Gasteiger partial charge < -0.3 is 10.6 Å². The molecule has 4 rings (SSSR count). The van der Waals surface area contributed by atoms with Gasteiger partial charge in [0.05, 0.1) is 4.90 Å². The zero-order valence-corrected chi connectivity index (χ0v) is 20.8. The zero-order chi connectivity index (χ0) is 25.7. The van der Waals surface area contributed by atoms with Gasteiger partial charge in [-0.1, -0.05) is 72.8 Å². The van der Waals surface area contributed by atoms with E-state index in [2.05, 4.69) is 15.4 Å². The molecule has 2 amide bonds. The number of sulfonamides is 1. The zero-order valence-electron chi connectivity index (χ0n) is 19.9. The number of anilines is 1. The van der Waals surface area contributed by atoms with E-state index < -0.39 is 22.0 Å². The van der Waals surface area contributed by atoms with Gasteiger partial charge in [-0.15, -0.1) is 0 Å². The molecule has 0 radical (unpaired) electrons. The van der Waals surface area contributed by atoms with E-state index in [1.54, 1.807) is 92.7 Å². The SMILES string of the molecule is CC(C)NS(=O)(=O)c1cccc2c(NC(=O)C(NC(=O)c3ccccc3)c3ccccc3)cccc12. The van der Waals surface area contributed by atoms with Crippen LogP contribution in [0.3, 0.4) is 0 Å². The summed E-state index contributed by atoms with van der Waals surface area (Å²) in [6.45, 7) is 3.50. The van der Waals surface area contributed by atoms with Crippen molar-refractivity contribution in [1.82, 2.24) is 10.0 Å². The van der Waals surface area contributed by atoms with Gasteiger partial charge in [0, 0.05) is 28.1 Å². The van der Waals surface area contributed by atoms with Gasteiger partial charge in [-0.05, 0) is 43.7 Å². The Balaban J connectivity index is 1.69. The predicted octanol–water partition coefficient (Wildman–Crippen LogP) is 4.64. The van der Waals surface area contributed by atoms with Crippen LogP contribution in [0.5, 0.6) is 0 Å². The first-order valence-corrected chi connectivity index (χ1v) is 13.0. The van der Waals surface area contributed by atoms with Gasteiger partial charge in [0.1, 0.15) is 6.04 Å². The molecule has 0 aliphatic carbocycles. The summed E-state index contributed by atoms with van der Waals surface area (Å²) < 4.78 is 28.4. The summed E-state index contributed by atoms with van der Waals surface area (Å²) in [6, 6.07) is 26.4. The Morgan fingerprint density at radius 1 is 0.722 bits per heavy atom. The number of fused-ring (bicyclic) bond motifs is 1. The van der Waals surface area contributed by atoms with Gasteiger partial charge in [0.25, 0.3) is 11.8 Å². The topological polar surface area (TPSA) is 104 Å². The van der Waals surface area contributed by atoms with Crippen molar-refractivity contribution in [2.45, 2.75) is 30.8 Å². The molecule has 1 unspecified atom stereocenters. The van der Waals surface area contributed by atoms with Crippen LogP contribution in [0.1, 0.15) is 35.8 Å². The number of carbonyl (C=O) groups is 2. The first-order chi connectivity index (χ1) is 17.3. The lowest BCUT2D eigenvalue weighted by atomic mass is 10.0. The fourth-order valence-corrected chi connectivity index (χ4v) is 5.43. The van der Waals surface area contributed by atoms with Gasteiger partial charge in [-0.25, -0.2) is 13.1 Å². The van der Waals surface area contributed by atoms with Crippen molar-refractivity contribution < 1.29 is 18.0 Å². The molecule has 3 N–H and O–H groups in total. The van der Waals surface area contributed by atoms with Gasteiger partial charge in [0.2, 0.25) is 10.0 Å². The van der Waals surface area contributed by atoms with Crippen molar-refractivity contribution in [1.29, 1.82) is 0 Å². The third-order valence-electron chi connectivity index (χ3n) is 5.53. The standard InChI is InChI=1S/C28H27N3O4S/c1-19(2)31-36(34,35)25-18-10-15-22-23(25)16-9-17-24(22)29-28(33)26(20-11-5-3-6-12-20)30-27(32)21-13-7-4-8-14-21/h3-19,26,31H,1-2H3,(H,29,33)(H,30,32). The van der Waals surface area contributed by atoms with Crippen LogP contribution in [0.4, 0.5) is 5.69 Å². The Morgan fingerprint density at radius 3 is 2.00 bits per heavy atom. The number of benzene rings is 4. The second kappa shape index (κ2) is 10.7. The van der Waals surface area contributed by atoms with Crippen molar-refractivity contribution in [3.8, 4) is 0 Å². The molecule has 0 fully saturated rings. The number of rotatable bonds is 8. The monoisotopic (exact) mass is 501 g/mol. The maximum atomic E-state index is 13.5.